The van der Waals surface area contributed by atoms with E-state index in [9.17, 15) is 9.59 Å². The summed E-state index contributed by atoms with van der Waals surface area (Å²) in [5.74, 6) is -0.305. The summed E-state index contributed by atoms with van der Waals surface area (Å²) in [5, 5.41) is 5.81. The van der Waals surface area contributed by atoms with Gasteiger partial charge in [0.2, 0.25) is 5.91 Å². The first-order valence-electron chi connectivity index (χ1n) is 8.65. The fourth-order valence-corrected chi connectivity index (χ4v) is 3.19. The molecule has 0 heterocycles. The van der Waals surface area contributed by atoms with Gasteiger partial charge in [-0.25, -0.2) is 0 Å². The Hall–Kier alpha value is -2.37. The van der Waals surface area contributed by atoms with Gasteiger partial charge in [0.25, 0.3) is 5.91 Å². The van der Waals surface area contributed by atoms with Crippen molar-refractivity contribution in [2.24, 2.45) is 11.7 Å². The predicted molar refractivity (Wildman–Crippen MR) is 107 cm³/mol. The van der Waals surface area contributed by atoms with Crippen molar-refractivity contribution in [2.75, 3.05) is 10.6 Å². The molecule has 1 fully saturated rings. The fourth-order valence-electron chi connectivity index (χ4n) is 3.19. The SMILES string of the molecule is Cl.NC1CCCC(C(=O)Nc2ccccc2NC(=O)c2ccccc2)C1. The molecule has 0 aliphatic heterocycles. The van der Waals surface area contributed by atoms with Crippen molar-refractivity contribution in [3.8, 4) is 0 Å². The van der Waals surface area contributed by atoms with Gasteiger partial charge in [0.15, 0.2) is 0 Å². The van der Waals surface area contributed by atoms with Crippen LogP contribution < -0.4 is 16.4 Å². The number of carbonyl (C=O) groups is 2. The molecule has 5 nitrogen and oxygen atoms in total. The monoisotopic (exact) mass is 373 g/mol. The van der Waals surface area contributed by atoms with Gasteiger partial charge in [-0.15, -0.1) is 12.4 Å². The highest BCUT2D eigenvalue weighted by Gasteiger charge is 2.25. The Labute approximate surface area is 159 Å². The molecule has 2 amide bonds. The number of hydrogen-bond acceptors (Lipinski definition) is 3. The topological polar surface area (TPSA) is 84.2 Å². The van der Waals surface area contributed by atoms with Crippen LogP contribution >= 0.6 is 12.4 Å². The second-order valence-electron chi connectivity index (χ2n) is 6.48. The van der Waals surface area contributed by atoms with Gasteiger partial charge >= 0.3 is 0 Å². The summed E-state index contributed by atoms with van der Waals surface area (Å²) in [6.07, 6.45) is 3.53. The number of hydrogen-bond donors (Lipinski definition) is 3. The van der Waals surface area contributed by atoms with Crippen molar-refractivity contribution in [1.29, 1.82) is 0 Å². The third-order valence-electron chi connectivity index (χ3n) is 4.55. The lowest BCUT2D eigenvalue weighted by molar-refractivity contribution is -0.120. The van der Waals surface area contributed by atoms with Crippen LogP contribution in [-0.2, 0) is 4.79 Å². The molecule has 2 unspecified atom stereocenters. The Morgan fingerprint density at radius 1 is 0.885 bits per heavy atom. The summed E-state index contributed by atoms with van der Waals surface area (Å²) in [4.78, 5) is 24.9. The van der Waals surface area contributed by atoms with Crippen molar-refractivity contribution < 1.29 is 9.59 Å². The molecule has 2 aromatic rings. The molecule has 1 aliphatic rings. The second-order valence-corrected chi connectivity index (χ2v) is 6.48. The molecule has 6 heteroatoms. The molecule has 0 saturated heterocycles. The summed E-state index contributed by atoms with van der Waals surface area (Å²) in [5.41, 5.74) is 7.75. The molecule has 0 aromatic heterocycles. The van der Waals surface area contributed by atoms with Gasteiger partial charge < -0.3 is 16.4 Å². The Bertz CT molecular complexity index is 752. The molecule has 26 heavy (non-hydrogen) atoms. The zero-order valence-corrected chi connectivity index (χ0v) is 15.3. The van der Waals surface area contributed by atoms with Crippen LogP contribution in [0.3, 0.4) is 0 Å². The largest absolute Gasteiger partial charge is 0.328 e. The van der Waals surface area contributed by atoms with Gasteiger partial charge in [0.1, 0.15) is 0 Å². The van der Waals surface area contributed by atoms with E-state index in [4.69, 9.17) is 5.73 Å². The van der Waals surface area contributed by atoms with Crippen LogP contribution in [-0.4, -0.2) is 17.9 Å². The molecule has 2 aromatic carbocycles. The molecule has 1 aliphatic carbocycles. The van der Waals surface area contributed by atoms with Crippen LogP contribution in [0.4, 0.5) is 11.4 Å². The zero-order chi connectivity index (χ0) is 17.6. The summed E-state index contributed by atoms with van der Waals surface area (Å²) >= 11 is 0. The average molecular weight is 374 g/mol. The Kier molecular flexibility index (Phi) is 7.18. The minimum atomic E-state index is -0.206. The smallest absolute Gasteiger partial charge is 0.255 e. The quantitative estimate of drug-likeness (QED) is 0.761. The lowest BCUT2D eigenvalue weighted by Gasteiger charge is -2.26. The molecule has 138 valence electrons. The molecule has 0 bridgehead atoms. The summed E-state index contributed by atoms with van der Waals surface area (Å²) in [6, 6.07) is 16.3. The number of para-hydroxylation sites is 2. The minimum Gasteiger partial charge on any atom is -0.328 e. The van der Waals surface area contributed by atoms with Gasteiger partial charge in [-0.2, -0.15) is 0 Å². The van der Waals surface area contributed by atoms with Gasteiger partial charge in [0.05, 0.1) is 11.4 Å². The molecule has 1 saturated carbocycles. The number of nitrogens with one attached hydrogen (secondary N) is 2. The number of carbonyl (C=O) groups excluding carboxylic acids is 2. The van der Waals surface area contributed by atoms with Crippen molar-refractivity contribution in [3.05, 3.63) is 60.2 Å². The summed E-state index contributed by atoms with van der Waals surface area (Å²) in [7, 11) is 0. The van der Waals surface area contributed by atoms with Crippen LogP contribution in [0.5, 0.6) is 0 Å². The van der Waals surface area contributed by atoms with E-state index in [0.29, 0.717) is 23.4 Å². The highest BCUT2D eigenvalue weighted by molar-refractivity contribution is 6.07. The third kappa shape index (κ3) is 5.07. The lowest BCUT2D eigenvalue weighted by atomic mass is 9.85. The Morgan fingerprint density at radius 2 is 1.50 bits per heavy atom. The zero-order valence-electron chi connectivity index (χ0n) is 14.5. The number of rotatable bonds is 4. The molecule has 0 radical (unpaired) electrons. The molecule has 2 atom stereocenters. The van der Waals surface area contributed by atoms with Gasteiger partial charge in [0, 0.05) is 17.5 Å². The Balaban J connectivity index is 0.00000243. The van der Waals surface area contributed by atoms with E-state index in [1.165, 1.54) is 0 Å². The Morgan fingerprint density at radius 3 is 2.15 bits per heavy atom. The maximum Gasteiger partial charge on any atom is 0.255 e. The van der Waals surface area contributed by atoms with Crippen molar-refractivity contribution >= 4 is 35.6 Å². The normalized spacial score (nSPS) is 19.1. The van der Waals surface area contributed by atoms with Gasteiger partial charge in [-0.05, 0) is 43.5 Å². The van der Waals surface area contributed by atoms with Crippen LogP contribution in [0.25, 0.3) is 0 Å². The van der Waals surface area contributed by atoms with E-state index in [2.05, 4.69) is 10.6 Å². The first-order chi connectivity index (χ1) is 12.1. The highest BCUT2D eigenvalue weighted by Crippen LogP contribution is 2.27. The number of nitrogens with two attached hydrogens (primary N) is 1. The van der Waals surface area contributed by atoms with E-state index in [0.717, 1.165) is 19.3 Å². The van der Waals surface area contributed by atoms with Crippen molar-refractivity contribution in [2.45, 2.75) is 31.7 Å². The first kappa shape index (κ1) is 19.9. The fraction of sp³-hybridized carbons (Fsp3) is 0.300. The van der Waals surface area contributed by atoms with Crippen molar-refractivity contribution in [3.63, 3.8) is 0 Å². The molecule has 3 rings (SSSR count). The third-order valence-corrected chi connectivity index (χ3v) is 4.55. The van der Waals surface area contributed by atoms with E-state index in [1.807, 2.05) is 30.3 Å². The van der Waals surface area contributed by atoms with Gasteiger partial charge in [-0.1, -0.05) is 36.8 Å². The van der Waals surface area contributed by atoms with E-state index < -0.39 is 0 Å². The maximum absolute atomic E-state index is 12.5. The number of anilines is 2. The number of amides is 2. The molecular weight excluding hydrogens is 350 g/mol. The van der Waals surface area contributed by atoms with Crippen LogP contribution in [0.2, 0.25) is 0 Å². The van der Waals surface area contributed by atoms with Crippen molar-refractivity contribution in [1.82, 2.24) is 0 Å². The van der Waals surface area contributed by atoms with E-state index in [1.54, 1.807) is 24.3 Å². The second kappa shape index (κ2) is 9.36. The summed E-state index contributed by atoms with van der Waals surface area (Å²) < 4.78 is 0. The van der Waals surface area contributed by atoms with Crippen LogP contribution in [0.15, 0.2) is 54.6 Å². The number of benzene rings is 2. The first-order valence-corrected chi connectivity index (χ1v) is 8.65. The van der Waals surface area contributed by atoms with Gasteiger partial charge in [-0.3, -0.25) is 9.59 Å². The minimum absolute atomic E-state index is 0. The predicted octanol–water partition coefficient (Wildman–Crippen LogP) is 3.82. The van der Waals surface area contributed by atoms with E-state index >= 15 is 0 Å². The standard InChI is InChI=1S/C20H23N3O2.ClH/c21-16-10-6-9-15(13-16)20(25)23-18-12-5-4-11-17(18)22-19(24)14-7-2-1-3-8-14;/h1-5,7-8,11-12,15-16H,6,9-10,13,21H2,(H,22,24)(H,23,25);1H. The average Bonchev–Trinajstić information content (AvgIpc) is 2.64. The van der Waals surface area contributed by atoms with E-state index in [-0.39, 0.29) is 36.2 Å². The molecular formula is C20H24ClN3O2. The highest BCUT2D eigenvalue weighted by atomic mass is 35.5. The maximum atomic E-state index is 12.5. The number of halogens is 1. The van der Waals surface area contributed by atoms with Crippen LogP contribution in [0.1, 0.15) is 36.0 Å². The summed E-state index contributed by atoms with van der Waals surface area (Å²) in [6.45, 7) is 0. The van der Waals surface area contributed by atoms with Crippen LogP contribution in [0, 0.1) is 5.92 Å². The lowest BCUT2D eigenvalue weighted by Crippen LogP contribution is -2.34. The molecule has 4 N–H and O–H groups in total. The molecule has 0 spiro atoms.